The molecule has 8 nitrogen and oxygen atoms in total. The molecule has 2 aromatic heterocycles. The Morgan fingerprint density at radius 3 is 2.86 bits per heavy atom. The molecule has 1 saturated heterocycles. The Hall–Kier alpha value is -3.42. The van der Waals surface area contributed by atoms with Crippen LogP contribution in [0.5, 0.6) is 0 Å². The standard InChI is InChI=1S/C21H24N6O2/c28-18(11-15-5-2-1-3-6-15)23-12-19(29)26-16-7-4-10-27(13-16)21-17-8-9-22-20(17)24-14-25-21/h1-3,5-6,8-9,14,16H,4,7,10-13H2,(H,23,28)(H,26,29)(H,22,24,25)/t16-/m1/s1. The lowest BCUT2D eigenvalue weighted by Gasteiger charge is -2.34. The highest BCUT2D eigenvalue weighted by Gasteiger charge is 2.24. The molecule has 8 heteroatoms. The van der Waals surface area contributed by atoms with E-state index in [0.717, 1.165) is 41.8 Å². The number of nitrogens with zero attached hydrogens (tertiary/aromatic N) is 3. The normalized spacial score (nSPS) is 16.6. The van der Waals surface area contributed by atoms with Crippen LogP contribution in [0.25, 0.3) is 11.0 Å². The molecule has 29 heavy (non-hydrogen) atoms. The van der Waals surface area contributed by atoms with E-state index < -0.39 is 0 Å². The molecule has 2 amide bonds. The van der Waals surface area contributed by atoms with Crippen LogP contribution in [0.4, 0.5) is 5.82 Å². The van der Waals surface area contributed by atoms with Gasteiger partial charge in [-0.2, -0.15) is 0 Å². The molecule has 0 spiro atoms. The third kappa shape index (κ3) is 4.71. The van der Waals surface area contributed by atoms with Crippen molar-refractivity contribution in [1.29, 1.82) is 0 Å². The molecule has 1 aromatic carbocycles. The van der Waals surface area contributed by atoms with Crippen LogP contribution in [-0.4, -0.2) is 52.4 Å². The van der Waals surface area contributed by atoms with Crippen LogP contribution in [0, 0.1) is 0 Å². The lowest BCUT2D eigenvalue weighted by atomic mass is 10.1. The van der Waals surface area contributed by atoms with Gasteiger partial charge in [0.15, 0.2) is 0 Å². The minimum atomic E-state index is -0.173. The monoisotopic (exact) mass is 392 g/mol. The summed E-state index contributed by atoms with van der Waals surface area (Å²) in [5.74, 6) is 0.548. The number of anilines is 1. The van der Waals surface area contributed by atoms with Crippen molar-refractivity contribution in [2.45, 2.75) is 25.3 Å². The Bertz CT molecular complexity index is 987. The molecular weight excluding hydrogens is 368 g/mol. The molecule has 3 aromatic rings. The van der Waals surface area contributed by atoms with E-state index in [1.54, 1.807) is 6.33 Å². The van der Waals surface area contributed by atoms with Gasteiger partial charge in [0.25, 0.3) is 0 Å². The summed E-state index contributed by atoms with van der Waals surface area (Å²) in [6, 6.07) is 11.5. The summed E-state index contributed by atoms with van der Waals surface area (Å²) in [7, 11) is 0. The SMILES string of the molecule is O=C(Cc1ccccc1)NCC(=O)N[C@@H]1CCCN(c2ncnc3[nH]ccc23)C1. The number of aromatic nitrogens is 3. The molecule has 0 bridgehead atoms. The molecule has 1 atom stereocenters. The van der Waals surface area contributed by atoms with Gasteiger partial charge in [-0.15, -0.1) is 0 Å². The fourth-order valence-corrected chi connectivity index (χ4v) is 3.70. The van der Waals surface area contributed by atoms with E-state index in [4.69, 9.17) is 0 Å². The van der Waals surface area contributed by atoms with Crippen molar-refractivity contribution in [3.63, 3.8) is 0 Å². The number of hydrogen-bond acceptors (Lipinski definition) is 5. The third-order valence-electron chi connectivity index (χ3n) is 5.07. The highest BCUT2D eigenvalue weighted by Crippen LogP contribution is 2.24. The highest BCUT2D eigenvalue weighted by molar-refractivity contribution is 5.88. The number of hydrogen-bond donors (Lipinski definition) is 3. The van der Waals surface area contributed by atoms with Crippen molar-refractivity contribution < 1.29 is 9.59 Å². The van der Waals surface area contributed by atoms with E-state index in [1.165, 1.54) is 0 Å². The van der Waals surface area contributed by atoms with Crippen LogP contribution >= 0.6 is 0 Å². The van der Waals surface area contributed by atoms with Crippen LogP contribution in [0.1, 0.15) is 18.4 Å². The van der Waals surface area contributed by atoms with E-state index in [0.29, 0.717) is 6.54 Å². The Balaban J connectivity index is 1.28. The van der Waals surface area contributed by atoms with E-state index >= 15 is 0 Å². The Kier molecular flexibility index (Phi) is 5.69. The number of carbonyl (C=O) groups is 2. The largest absolute Gasteiger partial charge is 0.354 e. The lowest BCUT2D eigenvalue weighted by Crippen LogP contribution is -2.50. The van der Waals surface area contributed by atoms with Crippen molar-refractivity contribution in [2.75, 3.05) is 24.5 Å². The fourth-order valence-electron chi connectivity index (χ4n) is 3.70. The summed E-state index contributed by atoms with van der Waals surface area (Å²) in [4.78, 5) is 38.3. The van der Waals surface area contributed by atoms with Crippen molar-refractivity contribution >= 4 is 28.7 Å². The zero-order valence-electron chi connectivity index (χ0n) is 16.1. The van der Waals surface area contributed by atoms with E-state index in [9.17, 15) is 9.59 Å². The van der Waals surface area contributed by atoms with Crippen LogP contribution in [0.2, 0.25) is 0 Å². The second-order valence-corrected chi connectivity index (χ2v) is 7.23. The van der Waals surface area contributed by atoms with E-state index in [2.05, 4.69) is 30.5 Å². The van der Waals surface area contributed by atoms with Gasteiger partial charge in [0, 0.05) is 25.3 Å². The number of H-pyrrole nitrogens is 1. The topological polar surface area (TPSA) is 103 Å². The zero-order chi connectivity index (χ0) is 20.1. The molecule has 0 saturated carbocycles. The summed E-state index contributed by atoms with van der Waals surface area (Å²) >= 11 is 0. The maximum atomic E-state index is 12.3. The van der Waals surface area contributed by atoms with Crippen molar-refractivity contribution in [3.8, 4) is 0 Å². The molecule has 0 radical (unpaired) electrons. The second-order valence-electron chi connectivity index (χ2n) is 7.23. The summed E-state index contributed by atoms with van der Waals surface area (Å²) in [5.41, 5.74) is 1.73. The smallest absolute Gasteiger partial charge is 0.239 e. The number of rotatable bonds is 6. The summed E-state index contributed by atoms with van der Waals surface area (Å²) in [6.07, 6.45) is 5.54. The molecule has 1 aliphatic heterocycles. The number of nitrogens with one attached hydrogen (secondary N) is 3. The molecule has 0 aliphatic carbocycles. The molecule has 1 aliphatic rings. The molecule has 1 fully saturated rings. The summed E-state index contributed by atoms with van der Waals surface area (Å²) in [5, 5.41) is 6.71. The number of piperidine rings is 1. The van der Waals surface area contributed by atoms with Gasteiger partial charge in [-0.1, -0.05) is 30.3 Å². The first-order chi connectivity index (χ1) is 14.2. The van der Waals surface area contributed by atoms with Crippen LogP contribution in [0.15, 0.2) is 48.9 Å². The van der Waals surface area contributed by atoms with Gasteiger partial charge in [0.2, 0.25) is 11.8 Å². The molecule has 4 rings (SSSR count). The van der Waals surface area contributed by atoms with Crippen LogP contribution in [0.3, 0.4) is 0 Å². The number of carbonyl (C=O) groups excluding carboxylic acids is 2. The second kappa shape index (κ2) is 8.72. The van der Waals surface area contributed by atoms with Crippen molar-refractivity contribution in [3.05, 3.63) is 54.5 Å². The minimum Gasteiger partial charge on any atom is -0.354 e. The van der Waals surface area contributed by atoms with Crippen molar-refractivity contribution in [1.82, 2.24) is 25.6 Å². The van der Waals surface area contributed by atoms with Gasteiger partial charge >= 0.3 is 0 Å². The molecule has 3 heterocycles. The quantitative estimate of drug-likeness (QED) is 0.588. The number of amides is 2. The summed E-state index contributed by atoms with van der Waals surface area (Å²) < 4.78 is 0. The first-order valence-electron chi connectivity index (χ1n) is 9.82. The maximum Gasteiger partial charge on any atom is 0.239 e. The van der Waals surface area contributed by atoms with Gasteiger partial charge in [0.1, 0.15) is 17.8 Å². The number of benzene rings is 1. The third-order valence-corrected chi connectivity index (χ3v) is 5.07. The average molecular weight is 392 g/mol. The Morgan fingerprint density at radius 1 is 1.14 bits per heavy atom. The lowest BCUT2D eigenvalue weighted by molar-refractivity contribution is -0.126. The first kappa shape index (κ1) is 18.9. The number of aromatic amines is 1. The maximum absolute atomic E-state index is 12.3. The average Bonchev–Trinajstić information content (AvgIpc) is 3.22. The fraction of sp³-hybridized carbons (Fsp3) is 0.333. The highest BCUT2D eigenvalue weighted by atomic mass is 16.2. The predicted octanol–water partition coefficient (Wildman–Crippen LogP) is 1.40. The molecule has 0 unspecified atom stereocenters. The van der Waals surface area contributed by atoms with E-state index in [1.807, 2.05) is 42.6 Å². The van der Waals surface area contributed by atoms with Gasteiger partial charge in [-0.25, -0.2) is 9.97 Å². The number of fused-ring (bicyclic) bond motifs is 1. The minimum absolute atomic E-state index is 0.0161. The van der Waals surface area contributed by atoms with Gasteiger partial charge in [-0.05, 0) is 24.5 Å². The van der Waals surface area contributed by atoms with E-state index in [-0.39, 0.29) is 30.8 Å². The predicted molar refractivity (Wildman–Crippen MR) is 110 cm³/mol. The molecule has 3 N–H and O–H groups in total. The Morgan fingerprint density at radius 2 is 2.00 bits per heavy atom. The van der Waals surface area contributed by atoms with Gasteiger partial charge < -0.3 is 20.5 Å². The van der Waals surface area contributed by atoms with Gasteiger partial charge in [0.05, 0.1) is 18.4 Å². The van der Waals surface area contributed by atoms with Gasteiger partial charge in [-0.3, -0.25) is 9.59 Å². The Labute approximate surface area is 168 Å². The van der Waals surface area contributed by atoms with Crippen LogP contribution in [-0.2, 0) is 16.0 Å². The summed E-state index contributed by atoms with van der Waals surface area (Å²) in [6.45, 7) is 1.55. The zero-order valence-corrected chi connectivity index (χ0v) is 16.1. The molecular formula is C21H24N6O2. The molecule has 150 valence electrons. The first-order valence-corrected chi connectivity index (χ1v) is 9.82. The van der Waals surface area contributed by atoms with Crippen molar-refractivity contribution in [2.24, 2.45) is 0 Å². The van der Waals surface area contributed by atoms with Crippen LogP contribution < -0.4 is 15.5 Å².